The van der Waals surface area contributed by atoms with E-state index in [1.54, 1.807) is 11.3 Å². The van der Waals surface area contributed by atoms with Crippen molar-refractivity contribution in [3.8, 4) is 0 Å². The van der Waals surface area contributed by atoms with Gasteiger partial charge in [-0.1, -0.05) is 6.07 Å². The first kappa shape index (κ1) is 34.0. The summed E-state index contributed by atoms with van der Waals surface area (Å²) in [6.07, 6.45) is -5.02. The Bertz CT molecular complexity index is 1120. The van der Waals surface area contributed by atoms with Gasteiger partial charge in [-0.25, -0.2) is 14.6 Å². The van der Waals surface area contributed by atoms with Crippen LogP contribution in [0.4, 0.5) is 26.3 Å². The van der Waals surface area contributed by atoms with Crippen LogP contribution in [-0.4, -0.2) is 92.0 Å². The molecule has 17 heteroatoms. The van der Waals surface area contributed by atoms with Crippen LogP contribution in [0.15, 0.2) is 29.9 Å². The van der Waals surface area contributed by atoms with Crippen molar-refractivity contribution < 1.29 is 55.7 Å². The van der Waals surface area contributed by atoms with E-state index in [4.69, 9.17) is 24.5 Å². The standard InChI is InChI=1S/C20H28N4O2S.2C2HF3O2/c1-3-23(4-2)18(25)17-15-24-12-9-21-19(24)20(26-17)7-10-22(11-8-20)14-16-6-5-13-27-16;2*3-2(4,5)1(6)7/h5-6,9,12-13,17H,3-4,7-8,10-11,14-15H2,1-2H3;2*(H,6,7). The number of carboxylic acids is 2. The Morgan fingerprint density at radius 1 is 1.07 bits per heavy atom. The maximum atomic E-state index is 13.0. The van der Waals surface area contributed by atoms with E-state index in [1.165, 1.54) is 4.88 Å². The number of alkyl halides is 6. The van der Waals surface area contributed by atoms with E-state index in [-0.39, 0.29) is 5.91 Å². The number of carbonyl (C=O) groups excluding carboxylic acids is 1. The molecule has 2 aromatic heterocycles. The number of nitrogens with zero attached hydrogens (tertiary/aromatic N) is 4. The molecule has 4 heterocycles. The Morgan fingerprint density at radius 3 is 2.05 bits per heavy atom. The highest BCUT2D eigenvalue weighted by Crippen LogP contribution is 2.40. The molecule has 2 aromatic rings. The lowest BCUT2D eigenvalue weighted by atomic mass is 9.88. The zero-order chi connectivity index (χ0) is 31.0. The van der Waals surface area contributed by atoms with Crippen molar-refractivity contribution in [3.05, 3.63) is 40.6 Å². The fourth-order valence-electron chi connectivity index (χ4n) is 4.30. The van der Waals surface area contributed by atoms with Gasteiger partial charge in [-0.05, 0) is 38.1 Å². The van der Waals surface area contributed by atoms with Gasteiger partial charge in [-0.2, -0.15) is 26.3 Å². The molecule has 10 nitrogen and oxygen atoms in total. The third kappa shape index (κ3) is 9.43. The smallest absolute Gasteiger partial charge is 0.475 e. The van der Waals surface area contributed by atoms with Gasteiger partial charge in [0.05, 0.1) is 6.54 Å². The maximum absolute atomic E-state index is 13.0. The first-order valence-electron chi connectivity index (χ1n) is 12.4. The number of piperidine rings is 1. The van der Waals surface area contributed by atoms with E-state index >= 15 is 0 Å². The molecule has 0 radical (unpaired) electrons. The molecular weight excluding hydrogens is 586 g/mol. The predicted molar refractivity (Wildman–Crippen MR) is 133 cm³/mol. The largest absolute Gasteiger partial charge is 0.490 e. The summed E-state index contributed by atoms with van der Waals surface area (Å²) in [5.41, 5.74) is -0.443. The molecule has 41 heavy (non-hydrogen) atoms. The Morgan fingerprint density at radius 2 is 1.61 bits per heavy atom. The minimum Gasteiger partial charge on any atom is -0.475 e. The molecule has 230 valence electrons. The van der Waals surface area contributed by atoms with Gasteiger partial charge in [0.2, 0.25) is 0 Å². The molecule has 1 unspecified atom stereocenters. The number of aliphatic carboxylic acids is 2. The minimum atomic E-state index is -5.08. The number of likely N-dealkylation sites (N-methyl/N-ethyl adjacent to an activating group) is 1. The summed E-state index contributed by atoms with van der Waals surface area (Å²) in [5.74, 6) is -4.43. The van der Waals surface area contributed by atoms with Crippen LogP contribution in [-0.2, 0) is 37.8 Å². The predicted octanol–water partition coefficient (Wildman–Crippen LogP) is 3.97. The highest BCUT2D eigenvalue weighted by molar-refractivity contribution is 7.09. The number of rotatable bonds is 5. The minimum absolute atomic E-state index is 0.0970. The lowest BCUT2D eigenvalue weighted by molar-refractivity contribution is -0.193. The number of fused-ring (bicyclic) bond motifs is 2. The second kappa shape index (κ2) is 14.1. The number of carbonyl (C=O) groups is 3. The van der Waals surface area contributed by atoms with Crippen LogP contribution >= 0.6 is 11.3 Å². The van der Waals surface area contributed by atoms with Crippen molar-refractivity contribution in [1.29, 1.82) is 0 Å². The summed E-state index contributed by atoms with van der Waals surface area (Å²) in [6.45, 7) is 8.93. The number of imidazole rings is 1. The van der Waals surface area contributed by atoms with Crippen LogP contribution in [0.25, 0.3) is 0 Å². The van der Waals surface area contributed by atoms with Crippen LogP contribution in [0.5, 0.6) is 0 Å². The molecule has 2 aliphatic rings. The number of thiophene rings is 1. The number of hydrogen-bond acceptors (Lipinski definition) is 7. The first-order valence-corrected chi connectivity index (χ1v) is 13.2. The van der Waals surface area contributed by atoms with E-state index in [0.717, 1.165) is 38.3 Å². The van der Waals surface area contributed by atoms with Crippen molar-refractivity contribution in [1.82, 2.24) is 19.4 Å². The second-order valence-corrected chi connectivity index (χ2v) is 10.0. The van der Waals surface area contributed by atoms with Crippen LogP contribution in [0.2, 0.25) is 0 Å². The molecular formula is C24H30F6N4O6S. The van der Waals surface area contributed by atoms with E-state index in [9.17, 15) is 31.1 Å². The van der Waals surface area contributed by atoms with E-state index < -0.39 is 36.0 Å². The molecule has 1 saturated heterocycles. The molecule has 1 atom stereocenters. The molecule has 0 saturated carbocycles. The first-order chi connectivity index (χ1) is 19.0. The van der Waals surface area contributed by atoms with Crippen molar-refractivity contribution in [2.75, 3.05) is 26.2 Å². The molecule has 0 aliphatic carbocycles. The van der Waals surface area contributed by atoms with Gasteiger partial charge in [0.25, 0.3) is 5.91 Å². The lowest BCUT2D eigenvalue weighted by Crippen LogP contribution is -2.54. The summed E-state index contributed by atoms with van der Waals surface area (Å²) in [5, 5.41) is 16.4. The molecule has 0 bridgehead atoms. The molecule has 4 rings (SSSR count). The van der Waals surface area contributed by atoms with Crippen LogP contribution in [0, 0.1) is 0 Å². The van der Waals surface area contributed by atoms with Crippen LogP contribution in [0.3, 0.4) is 0 Å². The highest BCUT2D eigenvalue weighted by Gasteiger charge is 2.47. The average molecular weight is 617 g/mol. The quantitative estimate of drug-likeness (QED) is 0.484. The van der Waals surface area contributed by atoms with Crippen molar-refractivity contribution >= 4 is 29.2 Å². The molecule has 1 spiro atoms. The molecule has 1 fully saturated rings. The number of halogens is 6. The third-order valence-electron chi connectivity index (χ3n) is 6.31. The van der Waals surface area contributed by atoms with Gasteiger partial charge in [0.1, 0.15) is 11.4 Å². The average Bonchev–Trinajstić information content (AvgIpc) is 3.58. The molecule has 2 aliphatic heterocycles. The second-order valence-electron chi connectivity index (χ2n) is 8.98. The van der Waals surface area contributed by atoms with Gasteiger partial charge in [-0.3, -0.25) is 9.69 Å². The number of likely N-dealkylation sites (tertiary alicyclic amines) is 1. The van der Waals surface area contributed by atoms with Gasteiger partial charge < -0.3 is 24.4 Å². The van der Waals surface area contributed by atoms with Crippen LogP contribution < -0.4 is 0 Å². The zero-order valence-electron chi connectivity index (χ0n) is 22.1. The number of amides is 1. The van der Waals surface area contributed by atoms with Gasteiger partial charge >= 0.3 is 24.3 Å². The van der Waals surface area contributed by atoms with E-state index in [1.807, 2.05) is 31.1 Å². The SMILES string of the molecule is CCN(CC)C(=O)C1Cn2ccnc2C2(CCN(Cc3cccs3)CC2)O1.O=C(O)C(F)(F)F.O=C(O)C(F)(F)F. The van der Waals surface area contributed by atoms with Crippen molar-refractivity contribution in [2.24, 2.45) is 0 Å². The highest BCUT2D eigenvalue weighted by atomic mass is 32.1. The Labute approximate surface area is 235 Å². The summed E-state index contributed by atoms with van der Waals surface area (Å²) in [4.78, 5) is 41.1. The molecule has 1 amide bonds. The van der Waals surface area contributed by atoms with E-state index in [2.05, 4.69) is 32.0 Å². The van der Waals surface area contributed by atoms with Crippen molar-refractivity contribution in [3.63, 3.8) is 0 Å². The lowest BCUT2D eigenvalue weighted by Gasteiger charge is -2.46. The van der Waals surface area contributed by atoms with E-state index in [0.29, 0.717) is 19.6 Å². The number of carboxylic acid groups (broad SMARTS) is 2. The summed E-state index contributed by atoms with van der Waals surface area (Å²) in [6, 6.07) is 4.30. The number of ether oxygens (including phenoxy) is 1. The number of aromatic nitrogens is 2. The zero-order valence-corrected chi connectivity index (χ0v) is 22.9. The van der Waals surface area contributed by atoms with Crippen LogP contribution in [0.1, 0.15) is 37.4 Å². The monoisotopic (exact) mass is 616 g/mol. The Balaban J connectivity index is 0.000000349. The Kier molecular flexibility index (Phi) is 11.7. The third-order valence-corrected chi connectivity index (χ3v) is 7.17. The van der Waals surface area contributed by atoms with Crippen molar-refractivity contribution in [2.45, 2.75) is 63.8 Å². The summed E-state index contributed by atoms with van der Waals surface area (Å²) < 4.78 is 72.1. The van der Waals surface area contributed by atoms with Gasteiger partial charge in [-0.15, -0.1) is 11.3 Å². The van der Waals surface area contributed by atoms with Gasteiger partial charge in [0.15, 0.2) is 6.10 Å². The fraction of sp³-hybridized carbons (Fsp3) is 0.583. The summed E-state index contributed by atoms with van der Waals surface area (Å²) >= 11 is 1.81. The fourth-order valence-corrected chi connectivity index (χ4v) is 5.05. The molecule has 0 aromatic carbocycles. The normalized spacial score (nSPS) is 18.3. The summed E-state index contributed by atoms with van der Waals surface area (Å²) in [7, 11) is 0. The maximum Gasteiger partial charge on any atom is 0.490 e. The van der Waals surface area contributed by atoms with Gasteiger partial charge in [0, 0.05) is 50.0 Å². The Hall–Kier alpha value is -3.18. The topological polar surface area (TPSA) is 125 Å². The molecule has 2 N–H and O–H groups in total. The number of hydrogen-bond donors (Lipinski definition) is 2.